The number of hydrogen-bond acceptors (Lipinski definition) is 2. The Hall–Kier alpha value is -1.59. The zero-order valence-electron chi connectivity index (χ0n) is 15.5. The molecule has 0 saturated carbocycles. The molecule has 0 spiro atoms. The quantitative estimate of drug-likeness (QED) is 0.238. The average Bonchev–Trinajstić information content (AvgIpc) is 2.58. The zero-order valence-corrected chi connectivity index (χ0v) is 15.5. The highest BCUT2D eigenvalue weighted by Gasteiger charge is 2.36. The Bertz CT molecular complexity index is 555. The van der Waals surface area contributed by atoms with Gasteiger partial charge in [0.2, 0.25) is 0 Å². The fourth-order valence-electron chi connectivity index (χ4n) is 2.82. The van der Waals surface area contributed by atoms with E-state index in [1.807, 2.05) is 6.92 Å². The first-order valence-corrected chi connectivity index (χ1v) is 9.37. The van der Waals surface area contributed by atoms with Gasteiger partial charge in [-0.2, -0.15) is 13.2 Å². The highest BCUT2D eigenvalue weighted by molar-refractivity contribution is 5.91. The number of unbranched alkanes of at least 4 members (excludes halogenated alkanes) is 6. The minimum absolute atomic E-state index is 0.456. The molecule has 0 aliphatic carbocycles. The van der Waals surface area contributed by atoms with Crippen LogP contribution in [0.4, 0.5) is 17.6 Å². The smallest absolute Gasteiger partial charge is 0.417 e. The molecule has 1 atom stereocenters. The van der Waals surface area contributed by atoms with Crippen molar-refractivity contribution < 1.29 is 27.1 Å². The molecule has 0 aliphatic heterocycles. The Balaban J connectivity index is 2.58. The van der Waals surface area contributed by atoms with Gasteiger partial charge in [0.25, 0.3) is 0 Å². The first-order valence-electron chi connectivity index (χ1n) is 9.37. The Kier molecular flexibility index (Phi) is 9.66. The summed E-state index contributed by atoms with van der Waals surface area (Å²) < 4.78 is 57.5. The Labute approximate surface area is 152 Å². The zero-order chi connectivity index (χ0) is 19.6. The van der Waals surface area contributed by atoms with Crippen molar-refractivity contribution in [1.29, 1.82) is 0 Å². The molecule has 0 radical (unpaired) electrons. The van der Waals surface area contributed by atoms with E-state index >= 15 is 0 Å². The van der Waals surface area contributed by atoms with E-state index in [0.29, 0.717) is 31.0 Å². The Morgan fingerprint density at radius 1 is 1.04 bits per heavy atom. The summed E-state index contributed by atoms with van der Waals surface area (Å²) in [6, 6.07) is 1.85. The number of ether oxygens (including phenoxy) is 1. The maximum Gasteiger partial charge on any atom is 0.417 e. The molecule has 0 heterocycles. The van der Waals surface area contributed by atoms with Crippen molar-refractivity contribution in [1.82, 2.24) is 0 Å². The summed E-state index contributed by atoms with van der Waals surface area (Å²) in [5, 5.41) is 0. The molecular formula is C20H28F4O2. The van der Waals surface area contributed by atoms with Crippen LogP contribution in [0.15, 0.2) is 18.2 Å². The fraction of sp³-hybridized carbons (Fsp3) is 0.650. The van der Waals surface area contributed by atoms with E-state index in [0.717, 1.165) is 19.3 Å². The van der Waals surface area contributed by atoms with Crippen LogP contribution in [0.2, 0.25) is 0 Å². The lowest BCUT2D eigenvalue weighted by Gasteiger charge is -2.18. The van der Waals surface area contributed by atoms with Crippen LogP contribution in [0, 0.1) is 5.82 Å². The maximum atomic E-state index is 13.3. The second-order valence-electron chi connectivity index (χ2n) is 6.53. The molecular weight excluding hydrogens is 348 g/mol. The van der Waals surface area contributed by atoms with Gasteiger partial charge >= 0.3 is 12.1 Å². The predicted octanol–water partition coefficient (Wildman–Crippen LogP) is 6.92. The van der Waals surface area contributed by atoms with Crippen molar-refractivity contribution in [2.45, 2.75) is 83.9 Å². The van der Waals surface area contributed by atoms with Gasteiger partial charge in [0.05, 0.1) is 11.1 Å². The largest absolute Gasteiger partial charge is 0.459 e. The van der Waals surface area contributed by atoms with Gasteiger partial charge in [0, 0.05) is 0 Å². The summed E-state index contributed by atoms with van der Waals surface area (Å²) in [5.74, 6) is -2.02. The van der Waals surface area contributed by atoms with Gasteiger partial charge in [-0.05, 0) is 37.5 Å². The standard InChI is InChI=1S/C20H28F4O2/c1-3-5-6-7-8-9-10-11-16(4-2)26-19(25)17-14-15(21)12-13-18(17)20(22,23)24/h12-14,16H,3-11H2,1-2H3. The summed E-state index contributed by atoms with van der Waals surface area (Å²) in [4.78, 5) is 12.2. The van der Waals surface area contributed by atoms with Gasteiger partial charge in [0.1, 0.15) is 11.9 Å². The third-order valence-electron chi connectivity index (χ3n) is 4.37. The molecule has 148 valence electrons. The maximum absolute atomic E-state index is 13.3. The van der Waals surface area contributed by atoms with Gasteiger partial charge in [-0.1, -0.05) is 52.4 Å². The minimum Gasteiger partial charge on any atom is -0.459 e. The van der Waals surface area contributed by atoms with Gasteiger partial charge in [-0.15, -0.1) is 0 Å². The van der Waals surface area contributed by atoms with E-state index in [2.05, 4.69) is 6.92 Å². The molecule has 0 aromatic heterocycles. The minimum atomic E-state index is -4.73. The number of carbonyl (C=O) groups excluding carboxylic acids is 1. The second kappa shape index (κ2) is 11.2. The molecule has 6 heteroatoms. The van der Waals surface area contributed by atoms with Crippen LogP contribution < -0.4 is 0 Å². The Morgan fingerprint density at radius 3 is 2.23 bits per heavy atom. The number of halogens is 4. The van der Waals surface area contributed by atoms with Crippen molar-refractivity contribution in [3.63, 3.8) is 0 Å². The van der Waals surface area contributed by atoms with E-state index in [1.54, 1.807) is 0 Å². The molecule has 0 bridgehead atoms. The first-order chi connectivity index (χ1) is 12.3. The monoisotopic (exact) mass is 376 g/mol. The third kappa shape index (κ3) is 7.75. The molecule has 0 saturated heterocycles. The average molecular weight is 376 g/mol. The normalized spacial score (nSPS) is 12.8. The lowest BCUT2D eigenvalue weighted by Crippen LogP contribution is -2.21. The van der Waals surface area contributed by atoms with E-state index in [1.165, 1.54) is 25.7 Å². The fourth-order valence-corrected chi connectivity index (χ4v) is 2.82. The van der Waals surface area contributed by atoms with Gasteiger partial charge < -0.3 is 4.74 Å². The molecule has 2 nitrogen and oxygen atoms in total. The van der Waals surface area contributed by atoms with Crippen molar-refractivity contribution in [3.05, 3.63) is 35.1 Å². The molecule has 1 aromatic carbocycles. The molecule has 26 heavy (non-hydrogen) atoms. The van der Waals surface area contributed by atoms with Crippen LogP contribution >= 0.6 is 0 Å². The van der Waals surface area contributed by atoms with Gasteiger partial charge in [-0.25, -0.2) is 9.18 Å². The molecule has 1 unspecified atom stereocenters. The lowest BCUT2D eigenvalue weighted by molar-refractivity contribution is -0.138. The second-order valence-corrected chi connectivity index (χ2v) is 6.53. The number of alkyl halides is 3. The summed E-state index contributed by atoms with van der Waals surface area (Å²) in [7, 11) is 0. The number of carbonyl (C=O) groups is 1. The highest BCUT2D eigenvalue weighted by Crippen LogP contribution is 2.33. The van der Waals surface area contributed by atoms with E-state index in [9.17, 15) is 22.4 Å². The van der Waals surface area contributed by atoms with Crippen LogP contribution in [-0.2, 0) is 10.9 Å². The molecule has 0 N–H and O–H groups in total. The topological polar surface area (TPSA) is 26.3 Å². The van der Waals surface area contributed by atoms with Crippen LogP contribution in [-0.4, -0.2) is 12.1 Å². The van der Waals surface area contributed by atoms with Gasteiger partial charge in [-0.3, -0.25) is 0 Å². The van der Waals surface area contributed by atoms with E-state index in [-0.39, 0.29) is 0 Å². The summed E-state index contributed by atoms with van der Waals surface area (Å²) in [5.41, 5.74) is -1.94. The SMILES string of the molecule is CCCCCCCCCC(CC)OC(=O)c1cc(F)ccc1C(F)(F)F. The molecule has 0 fully saturated rings. The summed E-state index contributed by atoms with van der Waals surface area (Å²) in [6.07, 6.45) is 3.68. The molecule has 0 aliphatic rings. The molecule has 1 rings (SSSR count). The van der Waals surface area contributed by atoms with Crippen LogP contribution in [0.25, 0.3) is 0 Å². The van der Waals surface area contributed by atoms with Crippen LogP contribution in [0.1, 0.15) is 87.6 Å². The van der Waals surface area contributed by atoms with Crippen molar-refractivity contribution in [2.75, 3.05) is 0 Å². The molecule has 0 amide bonds. The number of esters is 1. The molecule has 1 aromatic rings. The van der Waals surface area contributed by atoms with Gasteiger partial charge in [0.15, 0.2) is 0 Å². The van der Waals surface area contributed by atoms with E-state index in [4.69, 9.17) is 4.74 Å². The predicted molar refractivity (Wildman–Crippen MR) is 93.5 cm³/mol. The summed E-state index contributed by atoms with van der Waals surface area (Å²) >= 11 is 0. The number of hydrogen-bond donors (Lipinski definition) is 0. The van der Waals surface area contributed by atoms with Crippen LogP contribution in [0.3, 0.4) is 0 Å². The number of rotatable bonds is 11. The van der Waals surface area contributed by atoms with Crippen molar-refractivity contribution in [2.24, 2.45) is 0 Å². The highest BCUT2D eigenvalue weighted by atomic mass is 19.4. The first kappa shape index (κ1) is 22.5. The van der Waals surface area contributed by atoms with E-state index < -0.39 is 35.2 Å². The number of benzene rings is 1. The third-order valence-corrected chi connectivity index (χ3v) is 4.37. The Morgan fingerprint density at radius 2 is 1.65 bits per heavy atom. The lowest BCUT2D eigenvalue weighted by atomic mass is 10.0. The van der Waals surface area contributed by atoms with Crippen molar-refractivity contribution in [3.8, 4) is 0 Å². The van der Waals surface area contributed by atoms with Crippen molar-refractivity contribution >= 4 is 5.97 Å². The van der Waals surface area contributed by atoms with Crippen LogP contribution in [0.5, 0.6) is 0 Å². The summed E-state index contributed by atoms with van der Waals surface area (Å²) in [6.45, 7) is 3.97.